The van der Waals surface area contributed by atoms with E-state index in [1.807, 2.05) is 32.0 Å². The van der Waals surface area contributed by atoms with Crippen LogP contribution in [-0.4, -0.2) is 24.0 Å². The zero-order valence-corrected chi connectivity index (χ0v) is 12.9. The monoisotopic (exact) mass is 291 g/mol. The van der Waals surface area contributed by atoms with Gasteiger partial charge in [-0.15, -0.1) is 0 Å². The molecule has 1 aromatic carbocycles. The van der Waals surface area contributed by atoms with Gasteiger partial charge < -0.3 is 19.9 Å². The van der Waals surface area contributed by atoms with Crippen molar-refractivity contribution in [3.63, 3.8) is 0 Å². The third kappa shape index (κ3) is 3.10. The zero-order valence-electron chi connectivity index (χ0n) is 12.9. The number of anilines is 1. The van der Waals surface area contributed by atoms with Crippen molar-refractivity contribution in [2.75, 3.05) is 18.5 Å². The van der Waals surface area contributed by atoms with Crippen molar-refractivity contribution in [1.82, 2.24) is 0 Å². The molecule has 0 bridgehead atoms. The van der Waals surface area contributed by atoms with Gasteiger partial charge in [-0.2, -0.15) is 0 Å². The molecule has 0 unspecified atom stereocenters. The number of hydrogen-bond acceptors (Lipinski definition) is 4. The Kier molecular flexibility index (Phi) is 3.74. The Bertz CT molecular complexity index is 507. The van der Waals surface area contributed by atoms with E-state index in [4.69, 9.17) is 9.47 Å². The molecule has 2 N–H and O–H groups in total. The minimum Gasteiger partial charge on any atom is -0.449 e. The van der Waals surface area contributed by atoms with Crippen LogP contribution in [0, 0.1) is 5.41 Å². The SMILES string of the molecule is CC1(C)Oc2ccc(NCC3(CO)CCCCC3)cc2O1. The molecule has 0 radical (unpaired) electrons. The first kappa shape index (κ1) is 14.5. The van der Waals surface area contributed by atoms with Crippen LogP contribution in [-0.2, 0) is 0 Å². The molecule has 0 saturated heterocycles. The number of hydrogen-bond donors (Lipinski definition) is 2. The minimum absolute atomic E-state index is 0.0356. The average Bonchev–Trinajstić information content (AvgIpc) is 2.79. The lowest BCUT2D eigenvalue weighted by molar-refractivity contribution is -0.0431. The number of fused-ring (bicyclic) bond motifs is 1. The van der Waals surface area contributed by atoms with Crippen molar-refractivity contribution in [2.45, 2.75) is 51.7 Å². The second-order valence-corrected chi connectivity index (χ2v) is 6.84. The molecule has 4 heteroatoms. The van der Waals surface area contributed by atoms with Gasteiger partial charge in [0.05, 0.1) is 6.61 Å². The predicted octanol–water partition coefficient (Wildman–Crippen LogP) is 3.55. The topological polar surface area (TPSA) is 50.7 Å². The van der Waals surface area contributed by atoms with Crippen LogP contribution in [0.2, 0.25) is 0 Å². The largest absolute Gasteiger partial charge is 0.449 e. The summed E-state index contributed by atoms with van der Waals surface area (Å²) in [5, 5.41) is 13.2. The fraction of sp³-hybridized carbons (Fsp3) is 0.647. The summed E-state index contributed by atoms with van der Waals surface area (Å²) in [5.41, 5.74) is 1.06. The summed E-state index contributed by atoms with van der Waals surface area (Å²) >= 11 is 0. The van der Waals surface area contributed by atoms with Crippen LogP contribution in [0.25, 0.3) is 0 Å². The van der Waals surface area contributed by atoms with E-state index in [0.29, 0.717) is 0 Å². The Balaban J connectivity index is 1.66. The summed E-state index contributed by atoms with van der Waals surface area (Å²) in [4.78, 5) is 0. The molecule has 0 aromatic heterocycles. The Hall–Kier alpha value is -1.42. The number of benzene rings is 1. The third-order valence-electron chi connectivity index (χ3n) is 4.57. The number of aliphatic hydroxyl groups is 1. The van der Waals surface area contributed by atoms with Crippen molar-refractivity contribution >= 4 is 5.69 Å². The van der Waals surface area contributed by atoms with Crippen LogP contribution >= 0.6 is 0 Å². The van der Waals surface area contributed by atoms with Gasteiger partial charge in [-0.25, -0.2) is 0 Å². The summed E-state index contributed by atoms with van der Waals surface area (Å²) in [7, 11) is 0. The van der Waals surface area contributed by atoms with Gasteiger partial charge in [0, 0.05) is 37.6 Å². The highest BCUT2D eigenvalue weighted by Gasteiger charge is 2.33. The molecule has 1 fully saturated rings. The molecule has 1 heterocycles. The van der Waals surface area contributed by atoms with Crippen LogP contribution in [0.1, 0.15) is 46.0 Å². The van der Waals surface area contributed by atoms with E-state index in [2.05, 4.69) is 5.32 Å². The molecule has 2 aliphatic rings. The molecule has 3 rings (SSSR count). The van der Waals surface area contributed by atoms with Crippen LogP contribution in [0.15, 0.2) is 18.2 Å². The Labute approximate surface area is 126 Å². The van der Waals surface area contributed by atoms with Gasteiger partial charge in [0.25, 0.3) is 0 Å². The maximum Gasteiger partial charge on any atom is 0.246 e. The number of rotatable bonds is 4. The molecule has 0 spiro atoms. The summed E-state index contributed by atoms with van der Waals surface area (Å²) in [6, 6.07) is 5.94. The molecular weight excluding hydrogens is 266 g/mol. The second-order valence-electron chi connectivity index (χ2n) is 6.84. The smallest absolute Gasteiger partial charge is 0.246 e. The van der Waals surface area contributed by atoms with Gasteiger partial charge in [0.1, 0.15) is 0 Å². The Morgan fingerprint density at radius 1 is 1.10 bits per heavy atom. The molecular formula is C17H25NO3. The van der Waals surface area contributed by atoms with Crippen LogP contribution in [0.5, 0.6) is 11.5 Å². The Morgan fingerprint density at radius 2 is 1.81 bits per heavy atom. The van der Waals surface area contributed by atoms with Gasteiger partial charge in [-0.1, -0.05) is 19.3 Å². The first-order valence-corrected chi connectivity index (χ1v) is 7.89. The van der Waals surface area contributed by atoms with E-state index in [0.717, 1.165) is 36.6 Å². The van der Waals surface area contributed by atoms with E-state index in [1.54, 1.807) is 0 Å². The van der Waals surface area contributed by atoms with Gasteiger partial charge in [-0.3, -0.25) is 0 Å². The molecule has 0 atom stereocenters. The highest BCUT2D eigenvalue weighted by molar-refractivity contribution is 5.56. The number of ether oxygens (including phenoxy) is 2. The van der Waals surface area contributed by atoms with E-state index < -0.39 is 5.79 Å². The highest BCUT2D eigenvalue weighted by atomic mass is 16.7. The van der Waals surface area contributed by atoms with Gasteiger partial charge >= 0.3 is 0 Å². The number of nitrogens with one attached hydrogen (secondary N) is 1. The molecule has 0 amide bonds. The quantitative estimate of drug-likeness (QED) is 0.890. The Morgan fingerprint density at radius 3 is 2.52 bits per heavy atom. The molecule has 1 saturated carbocycles. The third-order valence-corrected chi connectivity index (χ3v) is 4.57. The molecule has 116 valence electrons. The molecule has 21 heavy (non-hydrogen) atoms. The summed E-state index contributed by atoms with van der Waals surface area (Å²) in [6.07, 6.45) is 5.94. The predicted molar refractivity (Wildman–Crippen MR) is 82.9 cm³/mol. The lowest BCUT2D eigenvalue weighted by atomic mass is 9.74. The molecule has 1 aliphatic heterocycles. The molecule has 1 aliphatic carbocycles. The van der Waals surface area contributed by atoms with Crippen molar-refractivity contribution in [2.24, 2.45) is 5.41 Å². The van der Waals surface area contributed by atoms with Crippen molar-refractivity contribution in [3.05, 3.63) is 18.2 Å². The lowest BCUT2D eigenvalue weighted by Crippen LogP contribution is -2.35. The van der Waals surface area contributed by atoms with Gasteiger partial charge in [0.15, 0.2) is 11.5 Å². The first-order valence-electron chi connectivity index (χ1n) is 7.89. The molecule has 1 aromatic rings. The zero-order chi connectivity index (χ0) is 14.9. The fourth-order valence-electron chi connectivity index (χ4n) is 3.31. The fourth-order valence-corrected chi connectivity index (χ4v) is 3.31. The van der Waals surface area contributed by atoms with Gasteiger partial charge in [-0.05, 0) is 25.0 Å². The van der Waals surface area contributed by atoms with Crippen LogP contribution in [0.4, 0.5) is 5.69 Å². The highest BCUT2D eigenvalue weighted by Crippen LogP contribution is 2.41. The number of aliphatic hydroxyl groups excluding tert-OH is 1. The van der Waals surface area contributed by atoms with E-state index in [1.165, 1.54) is 19.3 Å². The normalized spacial score (nSPS) is 22.0. The summed E-state index contributed by atoms with van der Waals surface area (Å²) in [6.45, 7) is 4.88. The van der Waals surface area contributed by atoms with Crippen LogP contribution in [0.3, 0.4) is 0 Å². The minimum atomic E-state index is -0.587. The van der Waals surface area contributed by atoms with E-state index in [-0.39, 0.29) is 12.0 Å². The molecule has 4 nitrogen and oxygen atoms in total. The second kappa shape index (κ2) is 5.41. The summed E-state index contributed by atoms with van der Waals surface area (Å²) in [5.74, 6) is 0.989. The van der Waals surface area contributed by atoms with Crippen molar-refractivity contribution in [1.29, 1.82) is 0 Å². The maximum atomic E-state index is 9.76. The lowest BCUT2D eigenvalue weighted by Gasteiger charge is -2.36. The first-order chi connectivity index (χ1) is 10.0. The van der Waals surface area contributed by atoms with E-state index in [9.17, 15) is 5.11 Å². The van der Waals surface area contributed by atoms with Crippen molar-refractivity contribution in [3.8, 4) is 11.5 Å². The van der Waals surface area contributed by atoms with E-state index >= 15 is 0 Å². The summed E-state index contributed by atoms with van der Waals surface area (Å²) < 4.78 is 11.5. The standard InChI is InChI=1S/C17H25NO3/c1-16(2)20-14-7-6-13(10-15(14)21-16)18-11-17(12-19)8-4-3-5-9-17/h6-7,10,18-19H,3-5,8-9,11-12H2,1-2H3. The average molecular weight is 291 g/mol. The van der Waals surface area contributed by atoms with Crippen molar-refractivity contribution < 1.29 is 14.6 Å². The van der Waals surface area contributed by atoms with Crippen LogP contribution < -0.4 is 14.8 Å². The maximum absolute atomic E-state index is 9.76. The van der Waals surface area contributed by atoms with Gasteiger partial charge in [0.2, 0.25) is 5.79 Å².